The number of hydrogen-bond donors (Lipinski definition) is 1. The van der Waals surface area contributed by atoms with Crippen LogP contribution >= 0.6 is 11.3 Å². The van der Waals surface area contributed by atoms with Crippen molar-refractivity contribution in [3.8, 4) is 5.75 Å². The minimum atomic E-state index is -0.486. The van der Waals surface area contributed by atoms with Gasteiger partial charge in [0.15, 0.2) is 10.8 Å². The molecule has 1 amide bonds. The number of esters is 1. The van der Waals surface area contributed by atoms with E-state index in [1.165, 1.54) is 11.3 Å². The van der Waals surface area contributed by atoms with E-state index < -0.39 is 5.97 Å². The second kappa shape index (κ2) is 9.02. The highest BCUT2D eigenvalue weighted by atomic mass is 32.1. The Balaban J connectivity index is 1.89. The molecule has 0 saturated heterocycles. The van der Waals surface area contributed by atoms with Gasteiger partial charge in [-0.25, -0.2) is 9.78 Å². The monoisotopic (exact) mass is 348 g/mol. The van der Waals surface area contributed by atoms with Crippen molar-refractivity contribution in [2.45, 2.75) is 26.7 Å². The Hall–Kier alpha value is -2.41. The van der Waals surface area contributed by atoms with Crippen LogP contribution in [0.1, 0.15) is 36.3 Å². The Labute approximate surface area is 144 Å². The molecule has 1 N–H and O–H groups in total. The minimum absolute atomic E-state index is 0.161. The molecule has 2 rings (SSSR count). The third-order valence-corrected chi connectivity index (χ3v) is 3.89. The van der Waals surface area contributed by atoms with E-state index >= 15 is 0 Å². The maximum absolute atomic E-state index is 12.1. The Morgan fingerprint density at radius 2 is 2.00 bits per heavy atom. The van der Waals surface area contributed by atoms with Gasteiger partial charge in [-0.1, -0.05) is 18.2 Å². The zero-order chi connectivity index (χ0) is 17.4. The molecule has 7 heteroatoms. The molecular weight excluding hydrogens is 328 g/mol. The summed E-state index contributed by atoms with van der Waals surface area (Å²) in [6.07, 6.45) is 0.872. The summed E-state index contributed by atoms with van der Waals surface area (Å²) in [6, 6.07) is 7.66. The third kappa shape index (κ3) is 5.06. The lowest BCUT2D eigenvalue weighted by Gasteiger charge is -2.09. The number of nitrogens with zero attached hydrogens (tertiary/aromatic N) is 1. The van der Waals surface area contributed by atoms with Gasteiger partial charge in [-0.3, -0.25) is 4.79 Å². The standard InChI is InChI=1S/C17H20N2O4S/c1-3-22-14-8-6-5-7-12(14)9-10-15(20)19-17-18-13(11-24-17)16(21)23-4-2/h5-8,11H,3-4,9-10H2,1-2H3,(H,18,19,20). The highest BCUT2D eigenvalue weighted by molar-refractivity contribution is 7.14. The zero-order valence-electron chi connectivity index (χ0n) is 13.7. The maximum atomic E-state index is 12.1. The van der Waals surface area contributed by atoms with Crippen molar-refractivity contribution in [2.75, 3.05) is 18.5 Å². The summed E-state index contributed by atoms with van der Waals surface area (Å²) >= 11 is 1.20. The van der Waals surface area contributed by atoms with E-state index in [0.717, 1.165) is 11.3 Å². The van der Waals surface area contributed by atoms with Gasteiger partial charge in [0.1, 0.15) is 5.75 Å². The van der Waals surface area contributed by atoms with E-state index in [0.29, 0.717) is 24.6 Å². The van der Waals surface area contributed by atoms with Gasteiger partial charge in [0.2, 0.25) is 5.91 Å². The summed E-state index contributed by atoms with van der Waals surface area (Å²) in [6.45, 7) is 4.52. The molecule has 24 heavy (non-hydrogen) atoms. The second-order valence-corrected chi connectivity index (χ2v) is 5.71. The number of ether oxygens (including phenoxy) is 2. The van der Waals surface area contributed by atoms with Gasteiger partial charge in [0.25, 0.3) is 0 Å². The molecule has 0 spiro atoms. The van der Waals surface area contributed by atoms with Crippen LogP contribution in [0.15, 0.2) is 29.6 Å². The lowest BCUT2D eigenvalue weighted by Crippen LogP contribution is -2.13. The summed E-state index contributed by atoms with van der Waals surface area (Å²) < 4.78 is 10.4. The Bertz CT molecular complexity index is 699. The highest BCUT2D eigenvalue weighted by Crippen LogP contribution is 2.20. The molecule has 6 nitrogen and oxygen atoms in total. The van der Waals surface area contributed by atoms with Crippen LogP contribution in [0, 0.1) is 0 Å². The van der Waals surface area contributed by atoms with Gasteiger partial charge in [-0.2, -0.15) is 0 Å². The van der Waals surface area contributed by atoms with Gasteiger partial charge >= 0.3 is 5.97 Å². The summed E-state index contributed by atoms with van der Waals surface area (Å²) in [5.41, 5.74) is 1.19. The number of thiazole rings is 1. The summed E-state index contributed by atoms with van der Waals surface area (Å²) in [7, 11) is 0. The Kier molecular flexibility index (Phi) is 6.74. The van der Waals surface area contributed by atoms with Crippen molar-refractivity contribution >= 4 is 28.3 Å². The molecule has 0 aliphatic heterocycles. The number of para-hydroxylation sites is 1. The molecule has 0 unspecified atom stereocenters. The van der Waals surface area contributed by atoms with Crippen molar-refractivity contribution in [1.82, 2.24) is 4.98 Å². The molecule has 128 valence electrons. The van der Waals surface area contributed by atoms with Gasteiger partial charge < -0.3 is 14.8 Å². The van der Waals surface area contributed by atoms with Crippen molar-refractivity contribution < 1.29 is 19.1 Å². The fourth-order valence-corrected chi connectivity index (χ4v) is 2.76. The summed E-state index contributed by atoms with van der Waals surface area (Å²) in [4.78, 5) is 27.7. The molecular formula is C17H20N2O4S. The van der Waals surface area contributed by atoms with Crippen LogP contribution < -0.4 is 10.1 Å². The smallest absolute Gasteiger partial charge is 0.357 e. The molecule has 1 heterocycles. The highest BCUT2D eigenvalue weighted by Gasteiger charge is 2.13. The number of aromatic nitrogens is 1. The van der Waals surface area contributed by atoms with E-state index in [9.17, 15) is 9.59 Å². The quantitative estimate of drug-likeness (QED) is 0.741. The van der Waals surface area contributed by atoms with Crippen LogP contribution in [-0.4, -0.2) is 30.1 Å². The SMILES string of the molecule is CCOC(=O)c1csc(NC(=O)CCc2ccccc2OCC)n1. The first-order valence-electron chi connectivity index (χ1n) is 7.77. The summed E-state index contributed by atoms with van der Waals surface area (Å²) in [5.74, 6) is 0.151. The van der Waals surface area contributed by atoms with E-state index in [2.05, 4.69) is 10.3 Å². The van der Waals surface area contributed by atoms with Crippen LogP contribution in [0.25, 0.3) is 0 Å². The Morgan fingerprint density at radius 3 is 2.75 bits per heavy atom. The van der Waals surface area contributed by atoms with Crippen molar-refractivity contribution in [3.05, 3.63) is 40.9 Å². The Morgan fingerprint density at radius 1 is 1.21 bits per heavy atom. The van der Waals surface area contributed by atoms with E-state index in [1.807, 2.05) is 31.2 Å². The van der Waals surface area contributed by atoms with Crippen molar-refractivity contribution in [3.63, 3.8) is 0 Å². The van der Waals surface area contributed by atoms with Gasteiger partial charge in [-0.05, 0) is 31.9 Å². The minimum Gasteiger partial charge on any atom is -0.494 e. The number of carbonyl (C=O) groups excluding carboxylic acids is 2. The average molecular weight is 348 g/mol. The zero-order valence-corrected chi connectivity index (χ0v) is 14.5. The molecule has 0 aliphatic rings. The first-order valence-corrected chi connectivity index (χ1v) is 8.65. The molecule has 1 aromatic heterocycles. The molecule has 0 aliphatic carbocycles. The third-order valence-electron chi connectivity index (χ3n) is 3.13. The normalized spacial score (nSPS) is 10.2. The molecule has 2 aromatic rings. The van der Waals surface area contributed by atoms with E-state index in [1.54, 1.807) is 12.3 Å². The predicted octanol–water partition coefficient (Wildman–Crippen LogP) is 3.29. The van der Waals surface area contributed by atoms with Crippen LogP contribution in [-0.2, 0) is 16.0 Å². The lowest BCUT2D eigenvalue weighted by molar-refractivity contribution is -0.116. The van der Waals surface area contributed by atoms with Crippen molar-refractivity contribution in [2.24, 2.45) is 0 Å². The first-order chi connectivity index (χ1) is 11.6. The van der Waals surface area contributed by atoms with Gasteiger partial charge in [0, 0.05) is 11.8 Å². The number of amides is 1. The van der Waals surface area contributed by atoms with Crippen LogP contribution in [0.3, 0.4) is 0 Å². The molecule has 0 radical (unpaired) electrons. The van der Waals surface area contributed by atoms with Gasteiger partial charge in [-0.15, -0.1) is 11.3 Å². The second-order valence-electron chi connectivity index (χ2n) is 4.85. The van der Waals surface area contributed by atoms with E-state index in [-0.39, 0.29) is 18.2 Å². The van der Waals surface area contributed by atoms with Crippen LogP contribution in [0.4, 0.5) is 5.13 Å². The number of rotatable bonds is 8. The molecule has 0 saturated carbocycles. The largest absolute Gasteiger partial charge is 0.494 e. The lowest BCUT2D eigenvalue weighted by atomic mass is 10.1. The number of hydrogen-bond acceptors (Lipinski definition) is 6. The number of nitrogens with one attached hydrogen (secondary N) is 1. The average Bonchev–Trinajstić information content (AvgIpc) is 3.03. The number of carbonyl (C=O) groups is 2. The fourth-order valence-electron chi connectivity index (χ4n) is 2.07. The molecule has 0 bridgehead atoms. The van der Waals surface area contributed by atoms with Crippen molar-refractivity contribution in [1.29, 1.82) is 0 Å². The van der Waals surface area contributed by atoms with Crippen LogP contribution in [0.5, 0.6) is 5.75 Å². The van der Waals surface area contributed by atoms with Gasteiger partial charge in [0.05, 0.1) is 13.2 Å². The predicted molar refractivity (Wildman–Crippen MR) is 92.6 cm³/mol. The number of anilines is 1. The topological polar surface area (TPSA) is 77.5 Å². The molecule has 0 atom stereocenters. The maximum Gasteiger partial charge on any atom is 0.357 e. The first kappa shape index (κ1) is 17.9. The van der Waals surface area contributed by atoms with E-state index in [4.69, 9.17) is 9.47 Å². The molecule has 0 fully saturated rings. The fraction of sp³-hybridized carbons (Fsp3) is 0.353. The summed E-state index contributed by atoms with van der Waals surface area (Å²) in [5, 5.41) is 4.66. The number of benzene rings is 1. The van der Waals surface area contributed by atoms with Crippen LogP contribution in [0.2, 0.25) is 0 Å². The molecule has 1 aromatic carbocycles. The number of aryl methyl sites for hydroxylation is 1.